The Kier molecular flexibility index (Phi) is 8.61. The number of methoxy groups -OCH3 is 1. The second kappa shape index (κ2) is 12.5. The zero-order valence-electron chi connectivity index (χ0n) is 26.4. The molecule has 1 N–H and O–H groups in total. The van der Waals surface area contributed by atoms with Gasteiger partial charge in [-0.25, -0.2) is 13.2 Å². The molecule has 1 aliphatic heterocycles. The quantitative estimate of drug-likeness (QED) is 0.220. The van der Waals surface area contributed by atoms with E-state index in [9.17, 15) is 18.3 Å². The van der Waals surface area contributed by atoms with Gasteiger partial charge in [0.15, 0.2) is 0 Å². The van der Waals surface area contributed by atoms with Gasteiger partial charge in [0.1, 0.15) is 5.75 Å². The molecule has 45 heavy (non-hydrogen) atoms. The average molecular weight is 628 g/mol. The molecule has 1 aliphatic carbocycles. The fourth-order valence-electron chi connectivity index (χ4n) is 6.92. The number of sulfonamides is 1. The van der Waals surface area contributed by atoms with Crippen LogP contribution in [-0.2, 0) is 16.6 Å². The van der Waals surface area contributed by atoms with Gasteiger partial charge in [-0.15, -0.1) is 0 Å². The molecule has 0 saturated heterocycles. The van der Waals surface area contributed by atoms with E-state index in [4.69, 9.17) is 4.74 Å². The van der Waals surface area contributed by atoms with Gasteiger partial charge in [-0.3, -0.25) is 0 Å². The van der Waals surface area contributed by atoms with E-state index in [0.717, 1.165) is 59.0 Å². The van der Waals surface area contributed by atoms with E-state index in [0.29, 0.717) is 36.9 Å². The van der Waals surface area contributed by atoms with Crippen LogP contribution in [0.15, 0.2) is 65.6 Å². The SMILES string of the molecule is COc1ccc2c(c1)C=C(c1ccccc1S(=O)(=O)N(C)CCN(C)C)Cn1c-2c(C2CCCCC2)c2ccc(C(=O)O)cc21. The highest BCUT2D eigenvalue weighted by atomic mass is 32.2. The molecule has 6 rings (SSSR count). The summed E-state index contributed by atoms with van der Waals surface area (Å²) in [6.07, 6.45) is 7.79. The number of rotatable bonds is 9. The third-order valence-electron chi connectivity index (χ3n) is 9.32. The van der Waals surface area contributed by atoms with Crippen LogP contribution in [0.4, 0.5) is 0 Å². The van der Waals surface area contributed by atoms with Crippen molar-refractivity contribution in [1.82, 2.24) is 13.8 Å². The van der Waals surface area contributed by atoms with Crippen molar-refractivity contribution in [3.63, 3.8) is 0 Å². The van der Waals surface area contributed by atoms with Gasteiger partial charge >= 0.3 is 5.97 Å². The Bertz CT molecular complexity index is 1900. The molecule has 9 heteroatoms. The topological polar surface area (TPSA) is 92.1 Å². The molecule has 4 aromatic rings. The number of benzene rings is 3. The van der Waals surface area contributed by atoms with E-state index in [1.807, 2.05) is 49.3 Å². The van der Waals surface area contributed by atoms with Gasteiger partial charge in [-0.1, -0.05) is 43.5 Å². The minimum atomic E-state index is -3.81. The molecule has 0 radical (unpaired) electrons. The number of aromatic carboxylic acids is 1. The Hall–Kier alpha value is -3.92. The van der Waals surface area contributed by atoms with Crippen LogP contribution in [0.2, 0.25) is 0 Å². The number of fused-ring (bicyclic) bond motifs is 5. The van der Waals surface area contributed by atoms with E-state index < -0.39 is 16.0 Å². The van der Waals surface area contributed by atoms with Gasteiger partial charge < -0.3 is 19.3 Å². The molecule has 0 unspecified atom stereocenters. The van der Waals surface area contributed by atoms with Crippen LogP contribution in [0, 0.1) is 0 Å². The van der Waals surface area contributed by atoms with Crippen LogP contribution in [0.1, 0.15) is 65.1 Å². The molecule has 8 nitrogen and oxygen atoms in total. The van der Waals surface area contributed by atoms with Crippen molar-refractivity contribution in [1.29, 1.82) is 0 Å². The monoisotopic (exact) mass is 627 g/mol. The fourth-order valence-corrected chi connectivity index (χ4v) is 8.31. The van der Waals surface area contributed by atoms with Crippen LogP contribution >= 0.6 is 0 Å². The number of carbonyl (C=O) groups is 1. The molecule has 2 aliphatic rings. The van der Waals surface area contributed by atoms with Crippen LogP contribution < -0.4 is 4.74 Å². The molecule has 3 aromatic carbocycles. The predicted octanol–water partition coefficient (Wildman–Crippen LogP) is 6.80. The van der Waals surface area contributed by atoms with Crippen LogP contribution in [0.25, 0.3) is 33.8 Å². The number of hydrogen-bond donors (Lipinski definition) is 1. The summed E-state index contributed by atoms with van der Waals surface area (Å²) in [5.74, 6) is 0.0895. The standard InChI is InChI=1S/C36H41N3O5S/c1-37(2)18-19-38(3)45(42,43)33-13-9-8-12-29(33)27-20-26-21-28(44-4)15-17-30(26)35-34(24-10-6-5-7-11-24)31-16-14-25(36(40)41)22-32(31)39(35)23-27/h8-9,12-17,20-22,24H,5-7,10-11,18-19,23H2,1-4H3,(H,40,41). The number of ether oxygens (including phenoxy) is 1. The molecule has 1 fully saturated rings. The minimum absolute atomic E-state index is 0.230. The van der Waals surface area contributed by atoms with Gasteiger partial charge in [-0.05, 0) is 97.6 Å². The molecule has 0 spiro atoms. The van der Waals surface area contributed by atoms with Crippen molar-refractivity contribution in [2.24, 2.45) is 0 Å². The largest absolute Gasteiger partial charge is 0.497 e. The normalized spacial score (nSPS) is 15.6. The molecule has 0 amide bonds. The molecule has 0 bridgehead atoms. The van der Waals surface area contributed by atoms with Gasteiger partial charge in [0.25, 0.3) is 0 Å². The highest BCUT2D eigenvalue weighted by molar-refractivity contribution is 7.89. The number of allylic oxidation sites excluding steroid dienone is 1. The lowest BCUT2D eigenvalue weighted by atomic mass is 9.81. The molecular formula is C36H41N3O5S. The second-order valence-electron chi connectivity index (χ2n) is 12.5. The van der Waals surface area contributed by atoms with Crippen molar-refractivity contribution >= 4 is 38.5 Å². The predicted molar refractivity (Wildman–Crippen MR) is 179 cm³/mol. The highest BCUT2D eigenvalue weighted by Crippen LogP contribution is 2.48. The summed E-state index contributed by atoms with van der Waals surface area (Å²) in [4.78, 5) is 14.4. The summed E-state index contributed by atoms with van der Waals surface area (Å²) in [5.41, 5.74) is 6.84. The summed E-state index contributed by atoms with van der Waals surface area (Å²) in [6, 6.07) is 18.7. The first kappa shape index (κ1) is 31.1. The van der Waals surface area contributed by atoms with Crippen LogP contribution in [-0.4, -0.2) is 74.6 Å². The molecule has 236 valence electrons. The lowest BCUT2D eigenvalue weighted by molar-refractivity contribution is 0.0697. The van der Waals surface area contributed by atoms with Crippen molar-refractivity contribution in [2.45, 2.75) is 49.5 Å². The zero-order chi connectivity index (χ0) is 31.9. The molecule has 1 saturated carbocycles. The number of hydrogen-bond acceptors (Lipinski definition) is 5. The second-order valence-corrected chi connectivity index (χ2v) is 14.5. The summed E-state index contributed by atoms with van der Waals surface area (Å²) >= 11 is 0. The summed E-state index contributed by atoms with van der Waals surface area (Å²) in [7, 11) is 3.30. The Morgan fingerprint density at radius 3 is 2.42 bits per heavy atom. The van der Waals surface area contributed by atoms with Gasteiger partial charge in [-0.2, -0.15) is 4.31 Å². The summed E-state index contributed by atoms with van der Waals surface area (Å²) in [6.45, 7) is 1.34. The van der Waals surface area contributed by atoms with E-state index >= 15 is 0 Å². The minimum Gasteiger partial charge on any atom is -0.497 e. The number of likely N-dealkylation sites (N-methyl/N-ethyl adjacent to an activating group) is 2. The maximum atomic E-state index is 14.0. The van der Waals surface area contributed by atoms with Crippen LogP contribution in [0.3, 0.4) is 0 Å². The van der Waals surface area contributed by atoms with E-state index in [2.05, 4.69) is 16.7 Å². The number of carboxylic acids is 1. The maximum Gasteiger partial charge on any atom is 0.335 e. The third-order valence-corrected chi connectivity index (χ3v) is 11.2. The van der Waals surface area contributed by atoms with Crippen molar-refractivity contribution in [3.05, 3.63) is 82.9 Å². The molecule has 0 atom stereocenters. The average Bonchev–Trinajstić information content (AvgIpc) is 3.26. The highest BCUT2D eigenvalue weighted by Gasteiger charge is 2.31. The number of carboxylic acid groups (broad SMARTS) is 1. The first-order valence-electron chi connectivity index (χ1n) is 15.6. The van der Waals surface area contributed by atoms with Gasteiger partial charge in [0.2, 0.25) is 10.0 Å². The molecular weight excluding hydrogens is 586 g/mol. The lowest BCUT2D eigenvalue weighted by Gasteiger charge is -2.24. The van der Waals surface area contributed by atoms with E-state index in [1.165, 1.54) is 16.3 Å². The van der Waals surface area contributed by atoms with E-state index in [-0.39, 0.29) is 10.5 Å². The summed E-state index contributed by atoms with van der Waals surface area (Å²) in [5, 5.41) is 11.0. The smallest absolute Gasteiger partial charge is 0.335 e. The van der Waals surface area contributed by atoms with Crippen molar-refractivity contribution < 1.29 is 23.1 Å². The number of nitrogens with zero attached hydrogens (tertiary/aromatic N) is 3. The Morgan fingerprint density at radius 1 is 0.956 bits per heavy atom. The Morgan fingerprint density at radius 2 is 1.71 bits per heavy atom. The lowest BCUT2D eigenvalue weighted by Crippen LogP contribution is -2.34. The van der Waals surface area contributed by atoms with Crippen LogP contribution in [0.5, 0.6) is 5.75 Å². The molecule has 1 aromatic heterocycles. The summed E-state index contributed by atoms with van der Waals surface area (Å²) < 4.78 is 37.3. The first-order chi connectivity index (χ1) is 21.6. The fraction of sp³-hybridized carbons (Fsp3) is 0.361. The van der Waals surface area contributed by atoms with Crippen molar-refractivity contribution in [2.75, 3.05) is 41.3 Å². The van der Waals surface area contributed by atoms with Crippen molar-refractivity contribution in [3.8, 4) is 17.0 Å². The zero-order valence-corrected chi connectivity index (χ0v) is 27.2. The third kappa shape index (κ3) is 5.80. The maximum absolute atomic E-state index is 14.0. The van der Waals surface area contributed by atoms with Gasteiger partial charge in [0.05, 0.1) is 23.3 Å². The molecule has 2 heterocycles. The Labute approximate surface area is 265 Å². The Balaban J connectivity index is 1.61. The van der Waals surface area contributed by atoms with E-state index in [1.54, 1.807) is 38.4 Å². The first-order valence-corrected chi connectivity index (χ1v) is 17.0. The number of aromatic nitrogens is 1. The van der Waals surface area contributed by atoms with Gasteiger partial charge in [0, 0.05) is 43.1 Å².